The molecule has 0 spiro atoms. The van der Waals surface area contributed by atoms with E-state index < -0.39 is 0 Å². The van der Waals surface area contributed by atoms with E-state index in [1.165, 1.54) is 24.0 Å². The normalized spacial score (nSPS) is 21.1. The maximum atomic E-state index is 2.34. The van der Waals surface area contributed by atoms with Crippen LogP contribution in [0, 0.1) is 19.8 Å². The Balaban J connectivity index is 2.54. The van der Waals surface area contributed by atoms with Crippen molar-refractivity contribution in [3.63, 3.8) is 0 Å². The van der Waals surface area contributed by atoms with Crippen molar-refractivity contribution in [3.05, 3.63) is 34.4 Å². The lowest BCUT2D eigenvalue weighted by atomic mass is 10.00. The molecule has 0 heteroatoms. The van der Waals surface area contributed by atoms with Crippen molar-refractivity contribution < 1.29 is 0 Å². The lowest BCUT2D eigenvalue weighted by molar-refractivity contribution is 0.627. The van der Waals surface area contributed by atoms with Crippen LogP contribution in [-0.4, -0.2) is 0 Å². The zero-order valence-corrected chi connectivity index (χ0v) is 8.15. The monoisotopic (exact) mass is 160 g/mol. The van der Waals surface area contributed by atoms with E-state index in [-0.39, 0.29) is 0 Å². The van der Waals surface area contributed by atoms with E-state index >= 15 is 0 Å². The Morgan fingerprint density at radius 1 is 1.17 bits per heavy atom. The van der Waals surface area contributed by atoms with E-state index in [1.807, 2.05) is 0 Å². The van der Waals surface area contributed by atoms with E-state index in [0.29, 0.717) is 0 Å². The molecule has 0 aromatic heterocycles. The van der Waals surface area contributed by atoms with Crippen LogP contribution >= 0.6 is 0 Å². The molecule has 0 bridgehead atoms. The molecule has 0 N–H and O–H groups in total. The van der Waals surface area contributed by atoms with Gasteiger partial charge in [-0.05, 0) is 54.9 Å². The second-order valence-electron chi connectivity index (χ2n) is 4.16. The molecule has 0 radical (unpaired) electrons. The highest BCUT2D eigenvalue weighted by molar-refractivity contribution is 5.42. The molecule has 0 heterocycles. The van der Waals surface area contributed by atoms with Crippen molar-refractivity contribution in [1.82, 2.24) is 0 Å². The van der Waals surface area contributed by atoms with Gasteiger partial charge in [-0.15, -0.1) is 0 Å². The fourth-order valence-electron chi connectivity index (χ4n) is 2.20. The van der Waals surface area contributed by atoms with Crippen molar-refractivity contribution in [2.75, 3.05) is 0 Å². The summed E-state index contributed by atoms with van der Waals surface area (Å²) in [6.45, 7) is 6.81. The van der Waals surface area contributed by atoms with Gasteiger partial charge in [0, 0.05) is 0 Å². The average molecular weight is 160 g/mol. The maximum absolute atomic E-state index is 2.34. The molecule has 1 aromatic rings. The topological polar surface area (TPSA) is 0 Å². The standard InChI is InChI=1S/C12H16/c1-8-6-11-5-4-9(2)10(3)12(11)7-8/h4-5,8H,6-7H2,1-3H3. The van der Waals surface area contributed by atoms with Crippen LogP contribution in [0.3, 0.4) is 0 Å². The first-order valence-electron chi connectivity index (χ1n) is 4.76. The minimum absolute atomic E-state index is 0.862. The molecule has 1 unspecified atom stereocenters. The first kappa shape index (κ1) is 7.85. The molecule has 1 aliphatic carbocycles. The van der Waals surface area contributed by atoms with Crippen LogP contribution in [0.5, 0.6) is 0 Å². The highest BCUT2D eigenvalue weighted by Gasteiger charge is 2.19. The van der Waals surface area contributed by atoms with E-state index in [9.17, 15) is 0 Å². The van der Waals surface area contributed by atoms with Gasteiger partial charge in [0.05, 0.1) is 0 Å². The summed E-state index contributed by atoms with van der Waals surface area (Å²) in [6.07, 6.45) is 2.58. The Kier molecular flexibility index (Phi) is 1.71. The van der Waals surface area contributed by atoms with Crippen LogP contribution in [0.1, 0.15) is 29.2 Å². The molecule has 0 saturated heterocycles. The average Bonchev–Trinajstić information content (AvgIpc) is 2.39. The molecule has 1 aromatic carbocycles. The van der Waals surface area contributed by atoms with E-state index in [4.69, 9.17) is 0 Å². The summed E-state index contributed by atoms with van der Waals surface area (Å²) in [7, 11) is 0. The van der Waals surface area contributed by atoms with E-state index in [0.717, 1.165) is 5.92 Å². The van der Waals surface area contributed by atoms with Gasteiger partial charge < -0.3 is 0 Å². The number of aryl methyl sites for hydroxylation is 1. The molecule has 1 atom stereocenters. The van der Waals surface area contributed by atoms with Crippen LogP contribution in [0.25, 0.3) is 0 Å². The second kappa shape index (κ2) is 2.62. The fourth-order valence-corrected chi connectivity index (χ4v) is 2.20. The Labute approximate surface area is 74.6 Å². The second-order valence-corrected chi connectivity index (χ2v) is 4.16. The summed E-state index contributed by atoms with van der Waals surface area (Å²) in [5.74, 6) is 0.862. The number of hydrogen-bond acceptors (Lipinski definition) is 0. The number of rotatable bonds is 0. The zero-order valence-electron chi connectivity index (χ0n) is 8.15. The summed E-state index contributed by atoms with van der Waals surface area (Å²) < 4.78 is 0. The smallest absolute Gasteiger partial charge is 0.0244 e. The molecule has 0 amide bonds. The quantitative estimate of drug-likeness (QED) is 0.547. The third kappa shape index (κ3) is 1.06. The van der Waals surface area contributed by atoms with Crippen LogP contribution < -0.4 is 0 Å². The SMILES string of the molecule is Cc1ccc2c(c1C)CC(C)C2. The molecule has 0 fully saturated rings. The van der Waals surface area contributed by atoms with Gasteiger partial charge >= 0.3 is 0 Å². The third-order valence-corrected chi connectivity index (χ3v) is 3.09. The van der Waals surface area contributed by atoms with Gasteiger partial charge in [-0.2, -0.15) is 0 Å². The maximum Gasteiger partial charge on any atom is -0.0244 e. The zero-order chi connectivity index (χ0) is 8.72. The third-order valence-electron chi connectivity index (χ3n) is 3.09. The molecule has 0 nitrogen and oxygen atoms in total. The predicted octanol–water partition coefficient (Wildman–Crippen LogP) is 3.04. The predicted molar refractivity (Wildman–Crippen MR) is 52.5 cm³/mol. The molecule has 0 saturated carbocycles. The molecule has 0 aliphatic heterocycles. The molecular formula is C12H16. The van der Waals surface area contributed by atoms with Gasteiger partial charge in [-0.1, -0.05) is 19.1 Å². The van der Waals surface area contributed by atoms with Crippen molar-refractivity contribution in [3.8, 4) is 0 Å². The number of benzene rings is 1. The first-order valence-corrected chi connectivity index (χ1v) is 4.76. The van der Waals surface area contributed by atoms with E-state index in [1.54, 1.807) is 11.1 Å². The first-order chi connectivity index (χ1) is 5.68. The summed E-state index contributed by atoms with van der Waals surface area (Å²) in [6, 6.07) is 4.56. The number of fused-ring (bicyclic) bond motifs is 1. The summed E-state index contributed by atoms with van der Waals surface area (Å²) in [5.41, 5.74) is 6.19. The van der Waals surface area contributed by atoms with Crippen molar-refractivity contribution in [1.29, 1.82) is 0 Å². The molecule has 64 valence electrons. The lowest BCUT2D eigenvalue weighted by Crippen LogP contribution is -1.91. The summed E-state index contributed by atoms with van der Waals surface area (Å²) >= 11 is 0. The molecular weight excluding hydrogens is 144 g/mol. The Hall–Kier alpha value is -0.780. The van der Waals surface area contributed by atoms with Crippen molar-refractivity contribution >= 4 is 0 Å². The Bertz CT molecular complexity index is 310. The van der Waals surface area contributed by atoms with Crippen LogP contribution in [-0.2, 0) is 12.8 Å². The number of hydrogen-bond donors (Lipinski definition) is 0. The Morgan fingerprint density at radius 3 is 2.67 bits per heavy atom. The molecule has 12 heavy (non-hydrogen) atoms. The molecule has 2 rings (SSSR count). The minimum atomic E-state index is 0.862. The van der Waals surface area contributed by atoms with Crippen LogP contribution in [0.15, 0.2) is 12.1 Å². The fraction of sp³-hybridized carbons (Fsp3) is 0.500. The van der Waals surface area contributed by atoms with Crippen LogP contribution in [0.2, 0.25) is 0 Å². The van der Waals surface area contributed by atoms with Crippen molar-refractivity contribution in [2.24, 2.45) is 5.92 Å². The van der Waals surface area contributed by atoms with Crippen LogP contribution in [0.4, 0.5) is 0 Å². The minimum Gasteiger partial charge on any atom is -0.0619 e. The summed E-state index contributed by atoms with van der Waals surface area (Å²) in [4.78, 5) is 0. The van der Waals surface area contributed by atoms with Gasteiger partial charge in [-0.25, -0.2) is 0 Å². The van der Waals surface area contributed by atoms with Gasteiger partial charge in [-0.3, -0.25) is 0 Å². The highest BCUT2D eigenvalue weighted by Crippen LogP contribution is 2.30. The summed E-state index contributed by atoms with van der Waals surface area (Å²) in [5, 5.41) is 0. The Morgan fingerprint density at radius 2 is 1.92 bits per heavy atom. The largest absolute Gasteiger partial charge is 0.0619 e. The highest BCUT2D eigenvalue weighted by atomic mass is 14.2. The molecule has 1 aliphatic rings. The van der Waals surface area contributed by atoms with Crippen molar-refractivity contribution in [2.45, 2.75) is 33.6 Å². The van der Waals surface area contributed by atoms with Gasteiger partial charge in [0.15, 0.2) is 0 Å². The van der Waals surface area contributed by atoms with Gasteiger partial charge in [0.1, 0.15) is 0 Å². The lowest BCUT2D eigenvalue weighted by Gasteiger charge is -2.06. The van der Waals surface area contributed by atoms with Gasteiger partial charge in [0.2, 0.25) is 0 Å². The van der Waals surface area contributed by atoms with E-state index in [2.05, 4.69) is 32.9 Å². The van der Waals surface area contributed by atoms with Gasteiger partial charge in [0.25, 0.3) is 0 Å².